The lowest BCUT2D eigenvalue weighted by Gasteiger charge is -2.24. The first kappa shape index (κ1) is 16.1. The molecule has 1 aliphatic heterocycles. The molecule has 0 saturated heterocycles. The highest BCUT2D eigenvalue weighted by Crippen LogP contribution is 2.33. The Morgan fingerprint density at radius 1 is 1.17 bits per heavy atom. The van der Waals surface area contributed by atoms with Crippen LogP contribution < -0.4 is 15.0 Å². The van der Waals surface area contributed by atoms with Gasteiger partial charge in [-0.15, -0.1) is 0 Å². The Labute approximate surface area is 141 Å². The van der Waals surface area contributed by atoms with Crippen molar-refractivity contribution in [1.82, 2.24) is 5.32 Å². The first-order valence-corrected chi connectivity index (χ1v) is 8.01. The number of fused-ring (bicyclic) bond motifs is 1. The molecule has 24 heavy (non-hydrogen) atoms. The molecule has 0 spiro atoms. The van der Waals surface area contributed by atoms with Crippen molar-refractivity contribution in [2.75, 3.05) is 18.6 Å². The number of anilines is 1. The van der Waals surface area contributed by atoms with E-state index >= 15 is 0 Å². The summed E-state index contributed by atoms with van der Waals surface area (Å²) >= 11 is 0. The zero-order chi connectivity index (χ0) is 17.1. The van der Waals surface area contributed by atoms with Crippen LogP contribution in [0.5, 0.6) is 5.75 Å². The smallest absolute Gasteiger partial charge is 0.259 e. The number of rotatable bonds is 4. The van der Waals surface area contributed by atoms with Gasteiger partial charge < -0.3 is 10.1 Å². The maximum absolute atomic E-state index is 13.0. The van der Waals surface area contributed by atoms with Crippen molar-refractivity contribution in [3.63, 3.8) is 0 Å². The third kappa shape index (κ3) is 2.85. The van der Waals surface area contributed by atoms with Crippen molar-refractivity contribution >= 4 is 17.5 Å². The first-order valence-electron chi connectivity index (χ1n) is 8.01. The zero-order valence-corrected chi connectivity index (χ0v) is 13.8. The molecule has 0 radical (unpaired) electrons. The molecule has 2 aromatic rings. The van der Waals surface area contributed by atoms with Gasteiger partial charge in [0.05, 0.1) is 6.61 Å². The van der Waals surface area contributed by atoms with Crippen molar-refractivity contribution in [2.45, 2.75) is 19.4 Å². The van der Waals surface area contributed by atoms with E-state index in [0.717, 1.165) is 17.0 Å². The second-order valence-electron chi connectivity index (χ2n) is 5.60. The van der Waals surface area contributed by atoms with Gasteiger partial charge >= 0.3 is 0 Å². The summed E-state index contributed by atoms with van der Waals surface area (Å²) in [5, 5.41) is 2.65. The zero-order valence-electron chi connectivity index (χ0n) is 13.8. The van der Waals surface area contributed by atoms with Crippen molar-refractivity contribution in [2.24, 2.45) is 0 Å². The molecule has 3 rings (SSSR count). The molecule has 2 aromatic carbocycles. The number of amides is 2. The van der Waals surface area contributed by atoms with E-state index < -0.39 is 6.04 Å². The lowest BCUT2D eigenvalue weighted by atomic mass is 10.1. The quantitative estimate of drug-likeness (QED) is 0.939. The van der Waals surface area contributed by atoms with Crippen molar-refractivity contribution in [1.29, 1.82) is 0 Å². The molecular formula is C19H20N2O3. The second-order valence-corrected chi connectivity index (χ2v) is 5.60. The molecule has 124 valence electrons. The van der Waals surface area contributed by atoms with Gasteiger partial charge in [-0.1, -0.05) is 18.2 Å². The topological polar surface area (TPSA) is 58.6 Å². The Balaban J connectivity index is 1.94. The lowest BCUT2D eigenvalue weighted by molar-refractivity contribution is -0.121. The summed E-state index contributed by atoms with van der Waals surface area (Å²) in [6.07, 6.45) is 0.526. The van der Waals surface area contributed by atoms with Gasteiger partial charge in [0.25, 0.3) is 5.91 Å². The number of hydrogen-bond acceptors (Lipinski definition) is 3. The summed E-state index contributed by atoms with van der Waals surface area (Å²) in [5.41, 5.74) is 2.33. The molecule has 1 heterocycles. The van der Waals surface area contributed by atoms with Gasteiger partial charge in [0.2, 0.25) is 5.91 Å². The minimum atomic E-state index is -0.522. The molecule has 0 aliphatic carbocycles. The van der Waals surface area contributed by atoms with Crippen LogP contribution in [-0.4, -0.2) is 31.5 Å². The summed E-state index contributed by atoms with van der Waals surface area (Å²) in [6, 6.07) is 14.1. The Morgan fingerprint density at radius 2 is 1.88 bits per heavy atom. The third-order valence-corrected chi connectivity index (χ3v) is 4.16. The van der Waals surface area contributed by atoms with Crippen LogP contribution in [0.3, 0.4) is 0 Å². The molecule has 1 aliphatic rings. The van der Waals surface area contributed by atoms with Gasteiger partial charge in [0.1, 0.15) is 11.8 Å². The fourth-order valence-electron chi connectivity index (χ4n) is 3.01. The number of nitrogens with zero attached hydrogens (tertiary/aromatic N) is 1. The number of nitrogens with one attached hydrogen (secondary N) is 1. The summed E-state index contributed by atoms with van der Waals surface area (Å²) in [7, 11) is 1.59. The maximum atomic E-state index is 13.0. The van der Waals surface area contributed by atoms with E-state index in [0.29, 0.717) is 18.6 Å². The highest BCUT2D eigenvalue weighted by atomic mass is 16.5. The highest BCUT2D eigenvalue weighted by molar-refractivity contribution is 6.11. The van der Waals surface area contributed by atoms with Gasteiger partial charge in [-0.25, -0.2) is 0 Å². The summed E-state index contributed by atoms with van der Waals surface area (Å²) in [6.45, 7) is 2.49. The summed E-state index contributed by atoms with van der Waals surface area (Å²) in [4.78, 5) is 26.8. The van der Waals surface area contributed by atoms with Crippen LogP contribution in [0.4, 0.5) is 5.69 Å². The largest absolute Gasteiger partial charge is 0.494 e. The first-order chi connectivity index (χ1) is 11.7. The minimum Gasteiger partial charge on any atom is -0.494 e. The summed E-state index contributed by atoms with van der Waals surface area (Å²) in [5.74, 6) is 0.376. The Kier molecular flexibility index (Phi) is 4.51. The van der Waals surface area contributed by atoms with Crippen LogP contribution in [0.1, 0.15) is 22.8 Å². The Hall–Kier alpha value is -2.82. The Morgan fingerprint density at radius 3 is 2.54 bits per heavy atom. The van der Waals surface area contributed by atoms with E-state index in [1.165, 1.54) is 0 Å². The molecule has 0 aromatic heterocycles. The number of carbonyl (C=O) groups excluding carboxylic acids is 2. The normalized spacial score (nSPS) is 15.8. The van der Waals surface area contributed by atoms with E-state index in [-0.39, 0.29) is 11.8 Å². The molecule has 5 nitrogen and oxygen atoms in total. The van der Waals surface area contributed by atoms with Crippen LogP contribution in [0.2, 0.25) is 0 Å². The molecule has 5 heteroatoms. The lowest BCUT2D eigenvalue weighted by Crippen LogP contribution is -2.47. The average molecular weight is 324 g/mol. The number of para-hydroxylation sites is 1. The standard InChI is InChI=1S/C19H20N2O3/c1-3-24-15-10-8-13(9-11-15)19(23)21-16-7-5-4-6-14(16)12-17(21)18(22)20-2/h4-11,17H,3,12H2,1-2H3,(H,20,22)/t17-/m1/s1. The molecule has 1 N–H and O–H groups in total. The average Bonchev–Trinajstić information content (AvgIpc) is 3.01. The fourth-order valence-corrected chi connectivity index (χ4v) is 3.01. The number of ether oxygens (including phenoxy) is 1. The maximum Gasteiger partial charge on any atom is 0.259 e. The highest BCUT2D eigenvalue weighted by Gasteiger charge is 2.38. The van der Waals surface area contributed by atoms with Gasteiger partial charge in [-0.3, -0.25) is 14.5 Å². The number of hydrogen-bond donors (Lipinski definition) is 1. The number of carbonyl (C=O) groups is 2. The molecule has 0 fully saturated rings. The van der Waals surface area contributed by atoms with E-state index in [2.05, 4.69) is 5.32 Å². The predicted octanol–water partition coefficient (Wildman–Crippen LogP) is 2.40. The van der Waals surface area contributed by atoms with Gasteiger partial charge in [-0.2, -0.15) is 0 Å². The molecular weight excluding hydrogens is 304 g/mol. The molecule has 1 atom stereocenters. The summed E-state index contributed by atoms with van der Waals surface area (Å²) < 4.78 is 5.41. The van der Waals surface area contributed by atoms with Gasteiger partial charge in [0, 0.05) is 24.7 Å². The van der Waals surface area contributed by atoms with Crippen LogP contribution in [0.15, 0.2) is 48.5 Å². The van der Waals surface area contributed by atoms with Crippen molar-refractivity contribution in [3.05, 3.63) is 59.7 Å². The number of benzene rings is 2. The molecule has 0 saturated carbocycles. The molecule has 0 unspecified atom stereocenters. The minimum absolute atomic E-state index is 0.162. The van der Waals surface area contributed by atoms with Crippen LogP contribution in [0.25, 0.3) is 0 Å². The molecule has 0 bridgehead atoms. The monoisotopic (exact) mass is 324 g/mol. The van der Waals surface area contributed by atoms with Crippen molar-refractivity contribution < 1.29 is 14.3 Å². The van der Waals surface area contributed by atoms with Crippen molar-refractivity contribution in [3.8, 4) is 5.75 Å². The SMILES string of the molecule is CCOc1ccc(C(=O)N2c3ccccc3C[C@@H]2C(=O)NC)cc1. The van der Waals surface area contributed by atoms with Gasteiger partial charge in [0.15, 0.2) is 0 Å². The Bertz CT molecular complexity index is 755. The van der Waals surface area contributed by atoms with E-state index in [9.17, 15) is 9.59 Å². The predicted molar refractivity (Wildman–Crippen MR) is 92.4 cm³/mol. The van der Waals surface area contributed by atoms with Crippen LogP contribution in [-0.2, 0) is 11.2 Å². The fraction of sp³-hybridized carbons (Fsp3) is 0.263. The van der Waals surface area contributed by atoms with Gasteiger partial charge in [-0.05, 0) is 42.8 Å². The van der Waals surface area contributed by atoms with E-state index in [1.54, 1.807) is 36.2 Å². The number of likely N-dealkylation sites (N-methyl/N-ethyl adjacent to an activating group) is 1. The van der Waals surface area contributed by atoms with E-state index in [4.69, 9.17) is 4.74 Å². The van der Waals surface area contributed by atoms with E-state index in [1.807, 2.05) is 31.2 Å². The third-order valence-electron chi connectivity index (χ3n) is 4.16. The molecule has 2 amide bonds. The van der Waals surface area contributed by atoms with Crippen LogP contribution >= 0.6 is 0 Å². The second kappa shape index (κ2) is 6.74. The van der Waals surface area contributed by atoms with Crippen LogP contribution in [0, 0.1) is 0 Å².